The highest BCUT2D eigenvalue weighted by Crippen LogP contribution is 2.30. The van der Waals surface area contributed by atoms with Crippen LogP contribution in [-0.2, 0) is 4.79 Å². The summed E-state index contributed by atoms with van der Waals surface area (Å²) in [5.41, 5.74) is 0.326. The Morgan fingerprint density at radius 2 is 2.10 bits per heavy atom. The molecule has 0 spiro atoms. The van der Waals surface area contributed by atoms with Gasteiger partial charge in [-0.25, -0.2) is 0 Å². The second kappa shape index (κ2) is 4.77. The lowest BCUT2D eigenvalue weighted by Crippen LogP contribution is -2.39. The van der Waals surface area contributed by atoms with E-state index < -0.39 is 5.91 Å². The van der Waals surface area contributed by atoms with Gasteiger partial charge in [0.05, 0.1) is 6.04 Å². The van der Waals surface area contributed by atoms with E-state index in [1.165, 1.54) is 6.20 Å². The highest BCUT2D eigenvalue weighted by Gasteiger charge is 2.39. The van der Waals surface area contributed by atoms with Gasteiger partial charge >= 0.3 is 0 Å². The van der Waals surface area contributed by atoms with E-state index in [4.69, 9.17) is 0 Å². The van der Waals surface area contributed by atoms with Crippen molar-refractivity contribution in [2.45, 2.75) is 38.3 Å². The minimum absolute atomic E-state index is 0.0935. The molecule has 2 fully saturated rings. The molecule has 0 bridgehead atoms. The molecule has 106 valence electrons. The lowest BCUT2D eigenvalue weighted by Gasteiger charge is -2.16. The van der Waals surface area contributed by atoms with Crippen LogP contribution in [0.2, 0.25) is 0 Å². The zero-order chi connectivity index (χ0) is 14.3. The number of carbonyl (C=O) groups is 2. The predicted octanol–water partition coefficient (Wildman–Crippen LogP) is 0.176. The van der Waals surface area contributed by atoms with Gasteiger partial charge in [-0.2, -0.15) is 0 Å². The van der Waals surface area contributed by atoms with E-state index in [2.05, 4.69) is 10.3 Å². The predicted molar refractivity (Wildman–Crippen MR) is 72.4 cm³/mol. The Hall–Kier alpha value is -2.11. The van der Waals surface area contributed by atoms with Crippen LogP contribution in [0.4, 0.5) is 0 Å². The van der Waals surface area contributed by atoms with Gasteiger partial charge < -0.3 is 15.2 Å². The first-order valence-corrected chi connectivity index (χ1v) is 6.84. The summed E-state index contributed by atoms with van der Waals surface area (Å²) in [4.78, 5) is 40.4. The molecule has 3 rings (SSSR count). The molecule has 2 amide bonds. The van der Waals surface area contributed by atoms with Crippen LogP contribution in [0, 0.1) is 6.92 Å². The molecule has 0 radical (unpaired) electrons. The minimum Gasteiger partial charge on any atom is -0.366 e. The molecule has 20 heavy (non-hydrogen) atoms. The number of pyridine rings is 1. The van der Waals surface area contributed by atoms with Gasteiger partial charge in [-0.15, -0.1) is 0 Å². The summed E-state index contributed by atoms with van der Waals surface area (Å²) in [6.45, 7) is 2.21. The van der Waals surface area contributed by atoms with Crippen molar-refractivity contribution in [3.63, 3.8) is 0 Å². The van der Waals surface area contributed by atoms with E-state index in [1.54, 1.807) is 13.1 Å². The van der Waals surface area contributed by atoms with Crippen molar-refractivity contribution in [2.75, 3.05) is 6.54 Å². The monoisotopic (exact) mass is 275 g/mol. The number of nitrogens with zero attached hydrogens (tertiary/aromatic N) is 1. The number of aromatic amines is 1. The summed E-state index contributed by atoms with van der Waals surface area (Å²) in [5, 5.41) is 2.78. The SMILES string of the molecule is Cc1c[nH]cc(C(=O)NC2CC(=O)N(C3CC3)C2)c1=O. The van der Waals surface area contributed by atoms with Gasteiger partial charge in [0.1, 0.15) is 5.56 Å². The number of carbonyl (C=O) groups excluding carboxylic acids is 2. The van der Waals surface area contributed by atoms with Crippen LogP contribution >= 0.6 is 0 Å². The molecule has 1 saturated heterocycles. The molecule has 6 nitrogen and oxygen atoms in total. The number of hydrogen-bond acceptors (Lipinski definition) is 3. The third-order valence-electron chi connectivity index (χ3n) is 3.86. The summed E-state index contributed by atoms with van der Waals surface area (Å²) in [7, 11) is 0. The Kier molecular flexibility index (Phi) is 3.08. The van der Waals surface area contributed by atoms with Crippen molar-refractivity contribution in [3.8, 4) is 0 Å². The molecular formula is C14H17N3O3. The van der Waals surface area contributed by atoms with Gasteiger partial charge in [0.2, 0.25) is 5.91 Å². The molecule has 1 saturated carbocycles. The molecule has 1 aliphatic carbocycles. The first-order valence-electron chi connectivity index (χ1n) is 6.84. The van der Waals surface area contributed by atoms with Gasteiger partial charge in [-0.3, -0.25) is 14.4 Å². The van der Waals surface area contributed by atoms with E-state index in [0.717, 1.165) is 12.8 Å². The maximum absolute atomic E-state index is 12.1. The molecule has 0 aromatic carbocycles. The second-order valence-electron chi connectivity index (χ2n) is 5.53. The molecule has 2 N–H and O–H groups in total. The third kappa shape index (κ3) is 2.33. The number of amides is 2. The van der Waals surface area contributed by atoms with E-state index in [0.29, 0.717) is 24.6 Å². The second-order valence-corrected chi connectivity index (χ2v) is 5.53. The molecule has 1 unspecified atom stereocenters. The zero-order valence-corrected chi connectivity index (χ0v) is 11.3. The molecule has 1 aliphatic heterocycles. The standard InChI is InChI=1S/C14H17N3O3/c1-8-5-15-6-11(13(8)19)14(20)16-9-4-12(18)17(7-9)10-2-3-10/h5-6,9-10H,2-4,7H2,1H3,(H,15,19)(H,16,20). The number of aromatic nitrogens is 1. The van der Waals surface area contributed by atoms with Crippen LogP contribution in [0.5, 0.6) is 0 Å². The van der Waals surface area contributed by atoms with Crippen molar-refractivity contribution >= 4 is 11.8 Å². The quantitative estimate of drug-likeness (QED) is 0.825. The summed E-state index contributed by atoms with van der Waals surface area (Å²) >= 11 is 0. The largest absolute Gasteiger partial charge is 0.366 e. The average Bonchev–Trinajstić information content (AvgIpc) is 3.17. The first-order chi connectivity index (χ1) is 9.56. The summed E-state index contributed by atoms with van der Waals surface area (Å²) < 4.78 is 0. The van der Waals surface area contributed by atoms with Gasteiger partial charge in [-0.1, -0.05) is 0 Å². The van der Waals surface area contributed by atoms with Crippen LogP contribution in [0.3, 0.4) is 0 Å². The third-order valence-corrected chi connectivity index (χ3v) is 3.86. The molecule has 1 aromatic rings. The number of nitrogens with one attached hydrogen (secondary N) is 2. The fraction of sp³-hybridized carbons (Fsp3) is 0.500. The van der Waals surface area contributed by atoms with Crippen LogP contribution in [0.15, 0.2) is 17.2 Å². The average molecular weight is 275 g/mol. The Morgan fingerprint density at radius 1 is 1.35 bits per heavy atom. The molecular weight excluding hydrogens is 258 g/mol. The van der Waals surface area contributed by atoms with E-state index in [9.17, 15) is 14.4 Å². The molecule has 1 atom stereocenters. The van der Waals surface area contributed by atoms with Gasteiger partial charge in [0, 0.05) is 37.0 Å². The number of likely N-dealkylation sites (tertiary alicyclic amines) is 1. The van der Waals surface area contributed by atoms with Crippen molar-refractivity contribution in [1.82, 2.24) is 15.2 Å². The van der Waals surface area contributed by atoms with Gasteiger partial charge in [0.15, 0.2) is 5.43 Å². The lowest BCUT2D eigenvalue weighted by atomic mass is 10.1. The topological polar surface area (TPSA) is 82.3 Å². The first kappa shape index (κ1) is 12.9. The fourth-order valence-electron chi connectivity index (χ4n) is 2.59. The Morgan fingerprint density at radius 3 is 2.80 bits per heavy atom. The van der Waals surface area contributed by atoms with E-state index in [1.807, 2.05) is 4.90 Å². The highest BCUT2D eigenvalue weighted by atomic mass is 16.2. The Labute approximate surface area is 116 Å². The summed E-state index contributed by atoms with van der Waals surface area (Å²) in [6.07, 6.45) is 5.41. The Bertz CT molecular complexity index is 618. The van der Waals surface area contributed by atoms with Crippen LogP contribution in [-0.4, -0.2) is 40.3 Å². The molecule has 2 aliphatic rings. The van der Waals surface area contributed by atoms with Crippen molar-refractivity contribution < 1.29 is 9.59 Å². The number of rotatable bonds is 3. The Balaban J connectivity index is 1.69. The van der Waals surface area contributed by atoms with Crippen LogP contribution in [0.1, 0.15) is 35.2 Å². The zero-order valence-electron chi connectivity index (χ0n) is 11.3. The van der Waals surface area contributed by atoms with E-state index >= 15 is 0 Å². The maximum atomic E-state index is 12.1. The van der Waals surface area contributed by atoms with Crippen molar-refractivity contribution in [3.05, 3.63) is 33.7 Å². The van der Waals surface area contributed by atoms with Crippen molar-refractivity contribution in [2.24, 2.45) is 0 Å². The smallest absolute Gasteiger partial charge is 0.257 e. The van der Waals surface area contributed by atoms with E-state index in [-0.39, 0.29) is 22.9 Å². The number of H-pyrrole nitrogens is 1. The minimum atomic E-state index is -0.412. The normalized spacial score (nSPS) is 22.1. The highest BCUT2D eigenvalue weighted by molar-refractivity contribution is 5.94. The maximum Gasteiger partial charge on any atom is 0.257 e. The van der Waals surface area contributed by atoms with Gasteiger partial charge in [-0.05, 0) is 19.8 Å². The van der Waals surface area contributed by atoms with Crippen LogP contribution in [0.25, 0.3) is 0 Å². The van der Waals surface area contributed by atoms with Crippen molar-refractivity contribution in [1.29, 1.82) is 0 Å². The van der Waals surface area contributed by atoms with Gasteiger partial charge in [0.25, 0.3) is 5.91 Å². The molecule has 2 heterocycles. The van der Waals surface area contributed by atoms with Crippen LogP contribution < -0.4 is 10.7 Å². The molecule has 1 aromatic heterocycles. The fourth-order valence-corrected chi connectivity index (χ4v) is 2.59. The number of hydrogen-bond donors (Lipinski definition) is 2. The number of aryl methyl sites for hydroxylation is 1. The lowest BCUT2D eigenvalue weighted by molar-refractivity contribution is -0.128. The summed E-state index contributed by atoms with van der Waals surface area (Å²) in [5.74, 6) is -0.318. The molecule has 6 heteroatoms. The summed E-state index contributed by atoms with van der Waals surface area (Å²) in [6, 6.07) is 0.169.